The Morgan fingerprint density at radius 2 is 1.76 bits per heavy atom. The monoisotopic (exact) mass is 286 g/mol. The average Bonchev–Trinajstić information content (AvgIpc) is 2.77. The minimum Gasteiger partial charge on any atom is -0.452 e. The number of furan rings is 1. The Hall–Kier alpha value is -2.49. The van der Waals surface area contributed by atoms with Crippen molar-refractivity contribution in [3.05, 3.63) is 70.5 Å². The number of aryl methyl sites for hydroxylation is 2. The van der Waals surface area contributed by atoms with Gasteiger partial charge in [-0.25, -0.2) is 8.78 Å². The molecule has 0 aliphatic heterocycles. The number of hydrogen-bond donors (Lipinski definition) is 0. The fraction of sp³-hybridized carbons (Fsp3) is 0.118. The van der Waals surface area contributed by atoms with E-state index in [9.17, 15) is 13.6 Å². The number of benzene rings is 2. The van der Waals surface area contributed by atoms with E-state index in [1.807, 2.05) is 25.1 Å². The first-order chi connectivity index (χ1) is 9.97. The zero-order valence-electron chi connectivity index (χ0n) is 11.5. The molecule has 21 heavy (non-hydrogen) atoms. The lowest BCUT2D eigenvalue weighted by Crippen LogP contribution is -2.02. The van der Waals surface area contributed by atoms with Gasteiger partial charge in [0.15, 0.2) is 17.4 Å². The van der Waals surface area contributed by atoms with Crippen LogP contribution in [0.15, 0.2) is 40.8 Å². The molecule has 106 valence electrons. The van der Waals surface area contributed by atoms with Gasteiger partial charge in [0, 0.05) is 16.5 Å². The highest BCUT2D eigenvalue weighted by molar-refractivity contribution is 6.10. The van der Waals surface area contributed by atoms with Crippen molar-refractivity contribution in [3.8, 4) is 0 Å². The van der Waals surface area contributed by atoms with E-state index in [1.54, 1.807) is 6.92 Å². The summed E-state index contributed by atoms with van der Waals surface area (Å²) < 4.78 is 31.8. The van der Waals surface area contributed by atoms with Crippen molar-refractivity contribution in [1.29, 1.82) is 0 Å². The predicted octanol–water partition coefficient (Wildman–Crippen LogP) is 4.56. The Morgan fingerprint density at radius 3 is 2.48 bits per heavy atom. The molecule has 0 amide bonds. The molecule has 0 fully saturated rings. The molecule has 1 aromatic heterocycles. The Kier molecular flexibility index (Phi) is 3.09. The van der Waals surface area contributed by atoms with Crippen LogP contribution in [0.3, 0.4) is 0 Å². The molecule has 0 radical (unpaired) electrons. The van der Waals surface area contributed by atoms with Crippen molar-refractivity contribution in [2.45, 2.75) is 13.8 Å². The zero-order chi connectivity index (χ0) is 15.1. The van der Waals surface area contributed by atoms with Crippen LogP contribution in [-0.4, -0.2) is 5.78 Å². The highest BCUT2D eigenvalue weighted by Crippen LogP contribution is 2.28. The van der Waals surface area contributed by atoms with Crippen molar-refractivity contribution in [3.63, 3.8) is 0 Å². The molecule has 0 saturated carbocycles. The lowest BCUT2D eigenvalue weighted by molar-refractivity contribution is 0.101. The average molecular weight is 286 g/mol. The lowest BCUT2D eigenvalue weighted by atomic mass is 10.0. The van der Waals surface area contributed by atoms with Gasteiger partial charge in [-0.1, -0.05) is 12.1 Å². The van der Waals surface area contributed by atoms with Gasteiger partial charge in [-0.2, -0.15) is 0 Å². The summed E-state index contributed by atoms with van der Waals surface area (Å²) in [7, 11) is 0. The molecule has 0 atom stereocenters. The van der Waals surface area contributed by atoms with Crippen molar-refractivity contribution >= 4 is 16.8 Å². The molecule has 0 N–H and O–H groups in total. The number of halogens is 2. The van der Waals surface area contributed by atoms with E-state index >= 15 is 0 Å². The largest absolute Gasteiger partial charge is 0.452 e. The molecule has 4 heteroatoms. The van der Waals surface area contributed by atoms with Crippen LogP contribution in [0, 0.1) is 25.5 Å². The van der Waals surface area contributed by atoms with Crippen LogP contribution in [0.4, 0.5) is 8.78 Å². The summed E-state index contributed by atoms with van der Waals surface area (Å²) in [6.07, 6.45) is 0. The van der Waals surface area contributed by atoms with Crippen LogP contribution in [-0.2, 0) is 0 Å². The molecule has 0 bridgehead atoms. The maximum Gasteiger partial charge on any atom is 0.228 e. The van der Waals surface area contributed by atoms with E-state index in [-0.39, 0.29) is 11.3 Å². The molecule has 2 nitrogen and oxygen atoms in total. The first kappa shape index (κ1) is 13.5. The first-order valence-electron chi connectivity index (χ1n) is 6.47. The molecular formula is C17H12F2O2. The molecule has 2 aromatic carbocycles. The van der Waals surface area contributed by atoms with Gasteiger partial charge in [0.1, 0.15) is 5.58 Å². The zero-order valence-corrected chi connectivity index (χ0v) is 11.5. The first-order valence-corrected chi connectivity index (χ1v) is 6.47. The maximum atomic E-state index is 13.3. The summed E-state index contributed by atoms with van der Waals surface area (Å²) in [5.41, 5.74) is 2.38. The van der Waals surface area contributed by atoms with Gasteiger partial charge >= 0.3 is 0 Å². The second-order valence-corrected chi connectivity index (χ2v) is 5.01. The van der Waals surface area contributed by atoms with Gasteiger partial charge in [0.2, 0.25) is 5.78 Å². The van der Waals surface area contributed by atoms with E-state index in [0.29, 0.717) is 11.1 Å². The summed E-state index contributed by atoms with van der Waals surface area (Å²) in [4.78, 5) is 12.4. The van der Waals surface area contributed by atoms with E-state index < -0.39 is 17.4 Å². The Labute approximate surface area is 120 Å². The molecule has 0 spiro atoms. The number of rotatable bonds is 2. The molecule has 0 aliphatic rings. The van der Waals surface area contributed by atoms with Crippen LogP contribution in [0.1, 0.15) is 27.2 Å². The van der Waals surface area contributed by atoms with E-state index in [4.69, 9.17) is 4.42 Å². The summed E-state index contributed by atoms with van der Waals surface area (Å²) >= 11 is 0. The smallest absolute Gasteiger partial charge is 0.228 e. The molecule has 1 heterocycles. The fourth-order valence-electron chi connectivity index (χ4n) is 2.32. The van der Waals surface area contributed by atoms with Gasteiger partial charge in [-0.05, 0) is 43.7 Å². The third kappa shape index (κ3) is 2.23. The van der Waals surface area contributed by atoms with Crippen LogP contribution >= 0.6 is 0 Å². The van der Waals surface area contributed by atoms with E-state index in [1.165, 1.54) is 6.07 Å². The van der Waals surface area contributed by atoms with Crippen molar-refractivity contribution < 1.29 is 18.0 Å². The summed E-state index contributed by atoms with van der Waals surface area (Å²) in [6.45, 7) is 3.70. The SMILES string of the molecule is Cc1ccc2c(C)c(C(=O)c3ccc(F)c(F)c3)oc2c1. The minimum atomic E-state index is -1.05. The van der Waals surface area contributed by atoms with Gasteiger partial charge in [-0.15, -0.1) is 0 Å². The maximum absolute atomic E-state index is 13.3. The molecule has 3 rings (SSSR count). The number of fused-ring (bicyclic) bond motifs is 1. The number of hydrogen-bond acceptors (Lipinski definition) is 2. The summed E-state index contributed by atoms with van der Waals surface area (Å²) in [5.74, 6) is -2.34. The number of carbonyl (C=O) groups is 1. The number of ketones is 1. The normalized spacial score (nSPS) is 11.0. The van der Waals surface area contributed by atoms with Gasteiger partial charge in [0.05, 0.1) is 0 Å². The molecular weight excluding hydrogens is 274 g/mol. The second kappa shape index (κ2) is 4.81. The number of carbonyl (C=O) groups excluding carboxylic acids is 1. The van der Waals surface area contributed by atoms with E-state index in [0.717, 1.165) is 23.1 Å². The summed E-state index contributed by atoms with van der Waals surface area (Å²) in [6, 6.07) is 8.71. The van der Waals surface area contributed by atoms with Crippen molar-refractivity contribution in [1.82, 2.24) is 0 Å². The van der Waals surface area contributed by atoms with Crippen molar-refractivity contribution in [2.24, 2.45) is 0 Å². The molecule has 0 unspecified atom stereocenters. The molecule has 0 saturated heterocycles. The standard InChI is InChI=1S/C17H12F2O2/c1-9-3-5-12-10(2)17(21-15(12)7-9)16(20)11-4-6-13(18)14(19)8-11/h3-8H,1-2H3. The third-order valence-corrected chi connectivity index (χ3v) is 3.48. The molecule has 3 aromatic rings. The quantitative estimate of drug-likeness (QED) is 0.646. The highest BCUT2D eigenvalue weighted by atomic mass is 19.2. The van der Waals surface area contributed by atoms with Gasteiger partial charge in [0.25, 0.3) is 0 Å². The lowest BCUT2D eigenvalue weighted by Gasteiger charge is -2.00. The minimum absolute atomic E-state index is 0.0628. The topological polar surface area (TPSA) is 30.2 Å². The summed E-state index contributed by atoms with van der Waals surface area (Å²) in [5, 5.41) is 0.839. The fourth-order valence-corrected chi connectivity index (χ4v) is 2.32. The van der Waals surface area contributed by atoms with Gasteiger partial charge < -0.3 is 4.42 Å². The van der Waals surface area contributed by atoms with Crippen molar-refractivity contribution in [2.75, 3.05) is 0 Å². The Balaban J connectivity index is 2.13. The van der Waals surface area contributed by atoms with E-state index in [2.05, 4.69) is 0 Å². The highest BCUT2D eigenvalue weighted by Gasteiger charge is 2.20. The van der Waals surface area contributed by atoms with Crippen LogP contribution < -0.4 is 0 Å². The molecule has 0 aliphatic carbocycles. The van der Waals surface area contributed by atoms with Crippen LogP contribution in [0.2, 0.25) is 0 Å². The van der Waals surface area contributed by atoms with Crippen LogP contribution in [0.25, 0.3) is 11.0 Å². The Morgan fingerprint density at radius 1 is 1.00 bits per heavy atom. The third-order valence-electron chi connectivity index (χ3n) is 3.48. The Bertz CT molecular complexity index is 863. The predicted molar refractivity (Wildman–Crippen MR) is 75.5 cm³/mol. The van der Waals surface area contributed by atoms with Crippen LogP contribution in [0.5, 0.6) is 0 Å². The second-order valence-electron chi connectivity index (χ2n) is 5.01. The van der Waals surface area contributed by atoms with Gasteiger partial charge in [-0.3, -0.25) is 4.79 Å².